The summed E-state index contributed by atoms with van der Waals surface area (Å²) in [6.45, 7) is 6.55. The fraction of sp³-hybridized carbons (Fsp3) is 0.933. The summed E-state index contributed by atoms with van der Waals surface area (Å²) in [5.41, 5.74) is 5.88. The summed E-state index contributed by atoms with van der Waals surface area (Å²) in [5, 5.41) is 3.13. The van der Waals surface area contributed by atoms with Gasteiger partial charge >= 0.3 is 0 Å². The molecule has 0 aliphatic heterocycles. The van der Waals surface area contributed by atoms with Gasteiger partial charge in [-0.25, -0.2) is 0 Å². The molecule has 1 aliphatic rings. The molecule has 2 unspecified atom stereocenters. The van der Waals surface area contributed by atoms with Crippen LogP contribution in [0.3, 0.4) is 0 Å². The maximum atomic E-state index is 11.9. The van der Waals surface area contributed by atoms with Crippen LogP contribution in [0.15, 0.2) is 0 Å². The van der Waals surface area contributed by atoms with Crippen molar-refractivity contribution < 1.29 is 4.79 Å². The van der Waals surface area contributed by atoms with E-state index in [9.17, 15) is 4.79 Å². The summed E-state index contributed by atoms with van der Waals surface area (Å²) in [4.78, 5) is 11.9. The molecular weight excluding hydrogens is 224 g/mol. The van der Waals surface area contributed by atoms with E-state index in [2.05, 4.69) is 26.1 Å². The van der Waals surface area contributed by atoms with Gasteiger partial charge in [-0.3, -0.25) is 4.79 Å². The normalized spacial score (nSPS) is 27.6. The Hall–Kier alpha value is -0.570. The molecule has 3 heteroatoms. The van der Waals surface area contributed by atoms with Crippen LogP contribution in [-0.2, 0) is 4.79 Å². The molecule has 0 aromatic rings. The first-order valence-corrected chi connectivity index (χ1v) is 7.56. The molecule has 0 spiro atoms. The van der Waals surface area contributed by atoms with Crippen LogP contribution in [0.2, 0.25) is 0 Å². The Balaban J connectivity index is 2.20. The predicted molar refractivity (Wildman–Crippen MR) is 76.2 cm³/mol. The lowest BCUT2D eigenvalue weighted by molar-refractivity contribution is -0.123. The van der Waals surface area contributed by atoms with E-state index in [4.69, 9.17) is 5.73 Å². The number of carbonyl (C=O) groups excluding carboxylic acids is 1. The quantitative estimate of drug-likeness (QED) is 0.766. The molecule has 3 N–H and O–H groups in total. The zero-order valence-electron chi connectivity index (χ0n) is 12.2. The molecule has 3 nitrogen and oxygen atoms in total. The Morgan fingerprint density at radius 3 is 2.44 bits per heavy atom. The molecule has 0 bridgehead atoms. The van der Waals surface area contributed by atoms with Crippen LogP contribution < -0.4 is 11.1 Å². The van der Waals surface area contributed by atoms with Crippen LogP contribution in [0.5, 0.6) is 0 Å². The van der Waals surface area contributed by atoms with E-state index >= 15 is 0 Å². The second-order valence-corrected chi connectivity index (χ2v) is 6.20. The molecule has 18 heavy (non-hydrogen) atoms. The SMILES string of the molecule is CCC(C)CC(C)NC(=O)CC1CCC(N)CC1. The summed E-state index contributed by atoms with van der Waals surface area (Å²) in [7, 11) is 0. The number of hydrogen-bond donors (Lipinski definition) is 2. The number of nitrogens with two attached hydrogens (primary N) is 1. The molecule has 1 rings (SSSR count). The third kappa shape index (κ3) is 5.85. The number of rotatable bonds is 6. The molecule has 0 radical (unpaired) electrons. The average Bonchev–Trinajstić information content (AvgIpc) is 2.31. The molecule has 1 amide bonds. The summed E-state index contributed by atoms with van der Waals surface area (Å²) < 4.78 is 0. The fourth-order valence-electron chi connectivity index (χ4n) is 2.82. The smallest absolute Gasteiger partial charge is 0.220 e. The predicted octanol–water partition coefficient (Wildman–Crippen LogP) is 2.83. The van der Waals surface area contributed by atoms with Crippen molar-refractivity contribution in [3.8, 4) is 0 Å². The van der Waals surface area contributed by atoms with Gasteiger partial charge in [-0.15, -0.1) is 0 Å². The van der Waals surface area contributed by atoms with Crippen LogP contribution in [-0.4, -0.2) is 18.0 Å². The van der Waals surface area contributed by atoms with Crippen LogP contribution in [0.25, 0.3) is 0 Å². The van der Waals surface area contributed by atoms with Gasteiger partial charge in [0.1, 0.15) is 0 Å². The largest absolute Gasteiger partial charge is 0.354 e. The van der Waals surface area contributed by atoms with E-state index in [1.165, 1.54) is 6.42 Å². The Bertz CT molecular complexity index is 247. The topological polar surface area (TPSA) is 55.1 Å². The Kier molecular flexibility index (Phi) is 6.69. The van der Waals surface area contributed by atoms with E-state index in [1.807, 2.05) is 0 Å². The van der Waals surface area contributed by atoms with Gasteiger partial charge in [-0.2, -0.15) is 0 Å². The highest BCUT2D eigenvalue weighted by molar-refractivity contribution is 5.76. The van der Waals surface area contributed by atoms with Gasteiger partial charge in [-0.1, -0.05) is 20.3 Å². The lowest BCUT2D eigenvalue weighted by atomic mass is 9.84. The summed E-state index contributed by atoms with van der Waals surface area (Å²) in [5.74, 6) is 1.47. The Morgan fingerprint density at radius 2 is 1.89 bits per heavy atom. The maximum absolute atomic E-state index is 11.9. The van der Waals surface area contributed by atoms with E-state index in [1.54, 1.807) is 0 Å². The standard InChI is InChI=1S/C15H30N2O/c1-4-11(2)9-12(3)17-15(18)10-13-5-7-14(16)8-6-13/h11-14H,4-10,16H2,1-3H3,(H,17,18). The van der Waals surface area contributed by atoms with E-state index < -0.39 is 0 Å². The molecule has 0 heterocycles. The highest BCUT2D eigenvalue weighted by atomic mass is 16.1. The summed E-state index contributed by atoms with van der Waals surface area (Å²) >= 11 is 0. The number of nitrogens with one attached hydrogen (secondary N) is 1. The second-order valence-electron chi connectivity index (χ2n) is 6.20. The Morgan fingerprint density at radius 1 is 1.28 bits per heavy atom. The first-order valence-electron chi connectivity index (χ1n) is 7.56. The minimum atomic E-state index is 0.228. The zero-order chi connectivity index (χ0) is 13.5. The zero-order valence-corrected chi connectivity index (χ0v) is 12.2. The highest BCUT2D eigenvalue weighted by Crippen LogP contribution is 2.25. The van der Waals surface area contributed by atoms with E-state index in [0.717, 1.165) is 32.1 Å². The first-order chi connectivity index (χ1) is 8.51. The first kappa shape index (κ1) is 15.5. The van der Waals surface area contributed by atoms with Crippen molar-refractivity contribution in [1.29, 1.82) is 0 Å². The minimum Gasteiger partial charge on any atom is -0.354 e. The molecule has 106 valence electrons. The summed E-state index contributed by atoms with van der Waals surface area (Å²) in [6, 6.07) is 0.673. The van der Waals surface area contributed by atoms with Gasteiger partial charge in [-0.05, 0) is 50.9 Å². The van der Waals surface area contributed by atoms with Crippen molar-refractivity contribution in [2.45, 2.75) is 77.8 Å². The number of hydrogen-bond acceptors (Lipinski definition) is 2. The van der Waals surface area contributed by atoms with Gasteiger partial charge in [0.05, 0.1) is 0 Å². The van der Waals surface area contributed by atoms with Gasteiger partial charge in [0.2, 0.25) is 5.91 Å². The van der Waals surface area contributed by atoms with Crippen LogP contribution >= 0.6 is 0 Å². The lowest BCUT2D eigenvalue weighted by Crippen LogP contribution is -2.36. The van der Waals surface area contributed by atoms with Gasteiger partial charge in [0, 0.05) is 18.5 Å². The van der Waals surface area contributed by atoms with E-state index in [-0.39, 0.29) is 5.91 Å². The summed E-state index contributed by atoms with van der Waals surface area (Å²) in [6.07, 6.45) is 7.36. The molecule has 0 aromatic carbocycles. The minimum absolute atomic E-state index is 0.228. The lowest BCUT2D eigenvalue weighted by Gasteiger charge is -2.26. The third-order valence-corrected chi connectivity index (χ3v) is 4.23. The van der Waals surface area contributed by atoms with Gasteiger partial charge < -0.3 is 11.1 Å². The van der Waals surface area contributed by atoms with Crippen molar-refractivity contribution >= 4 is 5.91 Å². The highest BCUT2D eigenvalue weighted by Gasteiger charge is 2.21. The monoisotopic (exact) mass is 254 g/mol. The molecular formula is C15H30N2O. The van der Waals surface area contributed by atoms with Crippen molar-refractivity contribution in [3.05, 3.63) is 0 Å². The molecule has 0 saturated heterocycles. The molecule has 1 saturated carbocycles. The van der Waals surface area contributed by atoms with Crippen molar-refractivity contribution in [2.24, 2.45) is 17.6 Å². The fourth-order valence-corrected chi connectivity index (χ4v) is 2.82. The molecule has 0 aromatic heterocycles. The van der Waals surface area contributed by atoms with Crippen molar-refractivity contribution in [3.63, 3.8) is 0 Å². The van der Waals surface area contributed by atoms with Crippen molar-refractivity contribution in [2.75, 3.05) is 0 Å². The maximum Gasteiger partial charge on any atom is 0.220 e. The third-order valence-electron chi connectivity index (χ3n) is 4.23. The van der Waals surface area contributed by atoms with Crippen LogP contribution in [0.4, 0.5) is 0 Å². The van der Waals surface area contributed by atoms with Crippen molar-refractivity contribution in [1.82, 2.24) is 5.32 Å². The van der Waals surface area contributed by atoms with Crippen LogP contribution in [0.1, 0.15) is 65.7 Å². The number of amides is 1. The van der Waals surface area contributed by atoms with Crippen LogP contribution in [0, 0.1) is 11.8 Å². The molecule has 1 aliphatic carbocycles. The van der Waals surface area contributed by atoms with Gasteiger partial charge in [0.25, 0.3) is 0 Å². The van der Waals surface area contributed by atoms with Gasteiger partial charge in [0.15, 0.2) is 0 Å². The second kappa shape index (κ2) is 7.78. The molecule has 2 atom stereocenters. The molecule has 1 fully saturated rings. The average molecular weight is 254 g/mol. The Labute approximate surface area is 112 Å². The van der Waals surface area contributed by atoms with E-state index in [0.29, 0.717) is 30.3 Å². The number of carbonyl (C=O) groups is 1.